The van der Waals surface area contributed by atoms with Crippen LogP contribution in [-0.4, -0.2) is 25.9 Å². The van der Waals surface area contributed by atoms with Gasteiger partial charge >= 0.3 is 5.97 Å². The summed E-state index contributed by atoms with van der Waals surface area (Å²) in [5, 5.41) is 0. The summed E-state index contributed by atoms with van der Waals surface area (Å²) in [5.74, 6) is -1.55. The monoisotopic (exact) mass is 221 g/mol. The summed E-state index contributed by atoms with van der Waals surface area (Å²) in [5.41, 5.74) is 1.54. The Bertz CT molecular complexity index is 540. The third-order valence-electron chi connectivity index (χ3n) is 1.98. The number of rotatable bonds is 1. The third-order valence-corrected chi connectivity index (χ3v) is 2.76. The zero-order valence-corrected chi connectivity index (χ0v) is 8.60. The molecule has 0 unspecified atom stereocenters. The van der Waals surface area contributed by atoms with Gasteiger partial charge in [-0.3, -0.25) is 0 Å². The van der Waals surface area contributed by atoms with Crippen LogP contribution in [0.4, 0.5) is 4.39 Å². The minimum absolute atomic E-state index is 0.0767. The molecule has 1 heterocycles. The van der Waals surface area contributed by atoms with Gasteiger partial charge in [-0.15, -0.1) is 11.3 Å². The highest BCUT2D eigenvalue weighted by Gasteiger charge is 2.19. The Morgan fingerprint density at radius 2 is 2.40 bits per heavy atom. The van der Waals surface area contributed by atoms with Crippen LogP contribution in [0.3, 0.4) is 0 Å². The number of esters is 1. The molecule has 0 fully saturated rings. The maximum atomic E-state index is 13.6. The maximum absolute atomic E-state index is 13.6. The largest absolute Gasteiger partial charge is 0.465 e. The molecule has 0 amide bonds. The van der Waals surface area contributed by atoms with Crippen molar-refractivity contribution in [2.45, 2.75) is 0 Å². The van der Waals surface area contributed by atoms with Gasteiger partial charge in [-0.1, -0.05) is 5.46 Å². The molecule has 0 saturated carbocycles. The van der Waals surface area contributed by atoms with Crippen LogP contribution in [0, 0.1) is 5.82 Å². The van der Waals surface area contributed by atoms with Crippen LogP contribution in [0.1, 0.15) is 10.4 Å². The minimum Gasteiger partial charge on any atom is -0.465 e. The highest BCUT2D eigenvalue weighted by Crippen LogP contribution is 2.22. The topological polar surface area (TPSA) is 39.2 Å². The number of benzene rings is 1. The van der Waals surface area contributed by atoms with E-state index >= 15 is 0 Å². The molecule has 1 aromatic carbocycles. The second-order valence-corrected chi connectivity index (χ2v) is 3.73. The predicted octanol–water partition coefficient (Wildman–Crippen LogP) is 1.02. The average Bonchev–Trinajstić information content (AvgIpc) is 2.66. The van der Waals surface area contributed by atoms with Crippen molar-refractivity contribution in [3.05, 3.63) is 23.0 Å². The van der Waals surface area contributed by atoms with Gasteiger partial charge in [0, 0.05) is 0 Å². The van der Waals surface area contributed by atoms with Gasteiger partial charge in [0.05, 0.1) is 22.8 Å². The Balaban J connectivity index is 2.83. The number of methoxy groups -OCH3 is 1. The number of ether oxygens (including phenoxy) is 1. The molecule has 0 N–H and O–H groups in total. The number of nitrogens with zero attached hydrogens (tertiary/aromatic N) is 1. The lowest BCUT2D eigenvalue weighted by Crippen LogP contribution is -2.16. The number of carbonyl (C=O) groups excluding carboxylic acids is 1. The first-order chi connectivity index (χ1) is 7.15. The number of carbonyl (C=O) groups is 1. The van der Waals surface area contributed by atoms with E-state index in [4.69, 9.17) is 7.85 Å². The summed E-state index contributed by atoms with van der Waals surface area (Å²) in [4.78, 5) is 15.3. The van der Waals surface area contributed by atoms with Crippen molar-refractivity contribution < 1.29 is 13.9 Å². The lowest BCUT2D eigenvalue weighted by Gasteiger charge is -2.04. The van der Waals surface area contributed by atoms with E-state index in [0.717, 1.165) is 0 Å². The van der Waals surface area contributed by atoms with Crippen LogP contribution in [0.25, 0.3) is 10.2 Å². The van der Waals surface area contributed by atoms with E-state index in [9.17, 15) is 9.18 Å². The molecule has 1 aromatic heterocycles. The summed E-state index contributed by atoms with van der Waals surface area (Å²) < 4.78 is 18.7. The normalized spacial score (nSPS) is 10.5. The summed E-state index contributed by atoms with van der Waals surface area (Å²) >= 11 is 1.29. The Labute approximate surface area is 90.3 Å². The molecule has 3 nitrogen and oxygen atoms in total. The van der Waals surface area contributed by atoms with Gasteiger partial charge in [0.1, 0.15) is 19.2 Å². The van der Waals surface area contributed by atoms with Crippen LogP contribution >= 0.6 is 11.3 Å². The quantitative estimate of drug-likeness (QED) is 0.533. The van der Waals surface area contributed by atoms with E-state index < -0.39 is 11.8 Å². The fourth-order valence-electron chi connectivity index (χ4n) is 1.29. The van der Waals surface area contributed by atoms with Gasteiger partial charge in [-0.2, -0.15) is 0 Å². The van der Waals surface area contributed by atoms with E-state index in [2.05, 4.69) is 9.72 Å². The summed E-state index contributed by atoms with van der Waals surface area (Å²) in [6.45, 7) is 0. The number of hydrogen-bond donors (Lipinski definition) is 0. The average molecular weight is 221 g/mol. The summed E-state index contributed by atoms with van der Waals surface area (Å²) in [6.07, 6.45) is 0. The molecule has 0 aliphatic carbocycles. The van der Waals surface area contributed by atoms with Gasteiger partial charge in [-0.05, 0) is 6.07 Å². The van der Waals surface area contributed by atoms with Crippen molar-refractivity contribution in [3.63, 3.8) is 0 Å². The van der Waals surface area contributed by atoms with Crippen molar-refractivity contribution in [3.8, 4) is 0 Å². The molecule has 2 aromatic rings. The fourth-order valence-corrected chi connectivity index (χ4v) is 2.02. The molecule has 0 spiro atoms. The van der Waals surface area contributed by atoms with E-state index in [0.29, 0.717) is 10.2 Å². The summed E-state index contributed by atoms with van der Waals surface area (Å²) in [6, 6.07) is 1.45. The Kier molecular flexibility index (Phi) is 2.44. The van der Waals surface area contributed by atoms with E-state index in [1.54, 1.807) is 0 Å². The standard InChI is InChI=1S/C9H5BFNO2S/c1-14-9(13)6-7(11)4(10)2-5-8(6)12-3-15-5/h2-3H,1H3. The van der Waals surface area contributed by atoms with Crippen LogP contribution in [0.2, 0.25) is 0 Å². The molecule has 74 valence electrons. The highest BCUT2D eigenvalue weighted by molar-refractivity contribution is 7.16. The van der Waals surface area contributed by atoms with Crippen LogP contribution in [0.15, 0.2) is 11.6 Å². The van der Waals surface area contributed by atoms with Crippen molar-refractivity contribution >= 4 is 40.8 Å². The second kappa shape index (κ2) is 3.62. The molecule has 6 heteroatoms. The van der Waals surface area contributed by atoms with Crippen molar-refractivity contribution in [1.82, 2.24) is 4.98 Å². The third kappa shape index (κ3) is 1.50. The number of hydrogen-bond acceptors (Lipinski definition) is 4. The molecule has 15 heavy (non-hydrogen) atoms. The molecular weight excluding hydrogens is 216 g/mol. The predicted molar refractivity (Wildman–Crippen MR) is 56.3 cm³/mol. The smallest absolute Gasteiger partial charge is 0.343 e. The van der Waals surface area contributed by atoms with E-state index in [-0.39, 0.29) is 11.0 Å². The Morgan fingerprint density at radius 3 is 3.07 bits per heavy atom. The van der Waals surface area contributed by atoms with E-state index in [1.165, 1.54) is 30.0 Å². The van der Waals surface area contributed by atoms with Crippen molar-refractivity contribution in [1.29, 1.82) is 0 Å². The number of aromatic nitrogens is 1. The SMILES string of the molecule is [B]c1cc2scnc2c(C(=O)OC)c1F. The van der Waals surface area contributed by atoms with Gasteiger partial charge in [0.2, 0.25) is 0 Å². The van der Waals surface area contributed by atoms with Crippen LogP contribution < -0.4 is 5.46 Å². The van der Waals surface area contributed by atoms with E-state index in [1.807, 2.05) is 0 Å². The lowest BCUT2D eigenvalue weighted by molar-refractivity contribution is 0.0598. The van der Waals surface area contributed by atoms with Gasteiger partial charge in [0.15, 0.2) is 0 Å². The first-order valence-electron chi connectivity index (χ1n) is 4.04. The molecular formula is C9H5BFNO2S. The van der Waals surface area contributed by atoms with Crippen molar-refractivity contribution in [2.24, 2.45) is 0 Å². The number of thiazole rings is 1. The second-order valence-electron chi connectivity index (χ2n) is 2.85. The Hall–Kier alpha value is -1.43. The van der Waals surface area contributed by atoms with Crippen molar-refractivity contribution in [2.75, 3.05) is 7.11 Å². The molecule has 2 rings (SSSR count). The number of fused-ring (bicyclic) bond motifs is 1. The zero-order valence-electron chi connectivity index (χ0n) is 7.78. The molecule has 0 atom stereocenters. The molecule has 0 saturated heterocycles. The molecule has 0 aliphatic heterocycles. The first kappa shape index (κ1) is 10.1. The minimum atomic E-state index is -0.778. The highest BCUT2D eigenvalue weighted by atomic mass is 32.1. The van der Waals surface area contributed by atoms with Gasteiger partial charge < -0.3 is 4.74 Å². The van der Waals surface area contributed by atoms with Crippen LogP contribution in [0.5, 0.6) is 0 Å². The molecule has 2 radical (unpaired) electrons. The molecule has 0 bridgehead atoms. The maximum Gasteiger partial charge on any atom is 0.343 e. The summed E-state index contributed by atoms with van der Waals surface area (Å²) in [7, 11) is 6.62. The van der Waals surface area contributed by atoms with Gasteiger partial charge in [0.25, 0.3) is 0 Å². The fraction of sp³-hybridized carbons (Fsp3) is 0.111. The van der Waals surface area contributed by atoms with Crippen LogP contribution in [-0.2, 0) is 4.74 Å². The molecule has 0 aliphatic rings. The Morgan fingerprint density at radius 1 is 1.67 bits per heavy atom. The lowest BCUT2D eigenvalue weighted by atomic mass is 9.93. The number of halogens is 1. The van der Waals surface area contributed by atoms with Gasteiger partial charge in [-0.25, -0.2) is 14.2 Å². The zero-order chi connectivity index (χ0) is 11.0. The first-order valence-corrected chi connectivity index (χ1v) is 4.92.